The van der Waals surface area contributed by atoms with Gasteiger partial charge in [0.1, 0.15) is 0 Å². The molecule has 0 bridgehead atoms. The van der Waals surface area contributed by atoms with Gasteiger partial charge in [0.2, 0.25) is 0 Å². The van der Waals surface area contributed by atoms with Gasteiger partial charge in [-0.15, -0.1) is 0 Å². The third-order valence-corrected chi connectivity index (χ3v) is 13.8. The van der Waals surface area contributed by atoms with Crippen LogP contribution in [0.3, 0.4) is 0 Å². The van der Waals surface area contributed by atoms with E-state index in [9.17, 15) is 0 Å². The summed E-state index contributed by atoms with van der Waals surface area (Å²) in [6, 6.07) is 94.1. The van der Waals surface area contributed by atoms with E-state index in [4.69, 9.17) is 0 Å². The summed E-state index contributed by atoms with van der Waals surface area (Å²) in [5, 5.41) is 15.1. The summed E-state index contributed by atoms with van der Waals surface area (Å²) in [6.07, 6.45) is 0. The number of hydrogen-bond acceptors (Lipinski definition) is 0. The number of fused-ring (bicyclic) bond motifs is 6. The first-order valence-electron chi connectivity index (χ1n) is 22.9. The van der Waals surface area contributed by atoms with Gasteiger partial charge in [0.05, 0.1) is 0 Å². The Balaban J connectivity index is 1.00. The molecule has 0 N–H and O–H groups in total. The fraction of sp³-hybridized carbons (Fsp3) is 0. The Kier molecular flexibility index (Phi) is 8.96. The normalized spacial score (nSPS) is 11.6. The Morgan fingerprint density at radius 3 is 0.864 bits per heavy atom. The molecule has 306 valence electrons. The topological polar surface area (TPSA) is 0 Å². The van der Waals surface area contributed by atoms with Gasteiger partial charge < -0.3 is 0 Å². The lowest BCUT2D eigenvalue weighted by molar-refractivity contribution is 1.61. The first-order chi connectivity index (χ1) is 32.8. The average molecular weight is 835 g/mol. The molecule has 0 fully saturated rings. The summed E-state index contributed by atoms with van der Waals surface area (Å²) in [6.45, 7) is 0. The summed E-state index contributed by atoms with van der Waals surface area (Å²) in [7, 11) is 0. The van der Waals surface area contributed by atoms with E-state index in [2.05, 4.69) is 255 Å². The van der Waals surface area contributed by atoms with E-state index in [1.165, 1.54) is 131 Å². The Labute approximate surface area is 384 Å². The highest BCUT2D eigenvalue weighted by atomic mass is 14.2. The van der Waals surface area contributed by atoms with Gasteiger partial charge in [-0.25, -0.2) is 0 Å². The summed E-state index contributed by atoms with van der Waals surface area (Å²) >= 11 is 0. The smallest absolute Gasteiger partial charge is 0.00199 e. The maximum Gasteiger partial charge on any atom is -0.00199 e. The van der Waals surface area contributed by atoms with Crippen molar-refractivity contribution in [1.82, 2.24) is 0 Å². The van der Waals surface area contributed by atoms with Crippen molar-refractivity contribution in [3.8, 4) is 66.8 Å². The largest absolute Gasteiger partial charge is 0.0622 e. The van der Waals surface area contributed by atoms with Crippen LogP contribution in [0.5, 0.6) is 0 Å². The predicted octanol–water partition coefficient (Wildman–Crippen LogP) is 18.6. The molecule has 0 amide bonds. The molecular formula is C66H42. The zero-order chi connectivity index (χ0) is 43.6. The van der Waals surface area contributed by atoms with Crippen LogP contribution < -0.4 is 0 Å². The van der Waals surface area contributed by atoms with Crippen LogP contribution in [-0.2, 0) is 0 Å². The summed E-state index contributed by atoms with van der Waals surface area (Å²) in [4.78, 5) is 0. The predicted molar refractivity (Wildman–Crippen MR) is 284 cm³/mol. The van der Waals surface area contributed by atoms with E-state index < -0.39 is 0 Å². The molecule has 13 rings (SSSR count). The zero-order valence-electron chi connectivity index (χ0n) is 36.2. The molecule has 0 aliphatic heterocycles. The second-order valence-electron chi connectivity index (χ2n) is 17.5. The van der Waals surface area contributed by atoms with Gasteiger partial charge >= 0.3 is 0 Å². The first kappa shape index (κ1) is 37.9. The van der Waals surface area contributed by atoms with Gasteiger partial charge in [-0.3, -0.25) is 0 Å². The fourth-order valence-electron chi connectivity index (χ4n) is 10.9. The van der Waals surface area contributed by atoms with Gasteiger partial charge in [0, 0.05) is 0 Å². The molecule has 0 radical (unpaired) electrons. The Morgan fingerprint density at radius 1 is 0.152 bits per heavy atom. The second-order valence-corrected chi connectivity index (χ2v) is 17.5. The van der Waals surface area contributed by atoms with Crippen LogP contribution in [0.15, 0.2) is 255 Å². The number of hydrogen-bond donors (Lipinski definition) is 0. The quantitative estimate of drug-likeness (QED) is 0.146. The Morgan fingerprint density at radius 2 is 0.455 bits per heavy atom. The monoisotopic (exact) mass is 834 g/mol. The van der Waals surface area contributed by atoms with Crippen LogP contribution >= 0.6 is 0 Å². The van der Waals surface area contributed by atoms with Crippen molar-refractivity contribution < 1.29 is 0 Å². The van der Waals surface area contributed by atoms with E-state index in [-0.39, 0.29) is 0 Å². The molecule has 0 atom stereocenters. The highest BCUT2D eigenvalue weighted by Crippen LogP contribution is 2.48. The van der Waals surface area contributed by atoms with Gasteiger partial charge in [0.15, 0.2) is 0 Å². The molecule has 13 aromatic carbocycles. The zero-order valence-corrected chi connectivity index (χ0v) is 36.2. The lowest BCUT2D eigenvalue weighted by Gasteiger charge is -2.20. The maximum absolute atomic E-state index is 2.43. The number of rotatable bonds is 6. The van der Waals surface area contributed by atoms with E-state index >= 15 is 0 Å². The minimum atomic E-state index is 1.19. The van der Waals surface area contributed by atoms with E-state index in [1.54, 1.807) is 0 Å². The van der Waals surface area contributed by atoms with Crippen LogP contribution in [0.25, 0.3) is 131 Å². The molecule has 0 saturated carbocycles. The van der Waals surface area contributed by atoms with Gasteiger partial charge in [-0.05, 0) is 144 Å². The molecule has 0 spiro atoms. The first-order valence-corrected chi connectivity index (χ1v) is 22.9. The molecule has 0 aliphatic rings. The van der Waals surface area contributed by atoms with Gasteiger partial charge in [-0.1, -0.05) is 243 Å². The average Bonchev–Trinajstić information content (AvgIpc) is 3.39. The minimum Gasteiger partial charge on any atom is -0.0622 e. The number of benzene rings is 13. The van der Waals surface area contributed by atoms with Crippen LogP contribution in [0, 0.1) is 0 Å². The van der Waals surface area contributed by atoms with Gasteiger partial charge in [-0.2, -0.15) is 0 Å². The lowest BCUT2D eigenvalue weighted by Crippen LogP contribution is -1.93. The molecule has 0 aliphatic carbocycles. The highest BCUT2D eigenvalue weighted by molar-refractivity contribution is 6.25. The molecule has 66 heavy (non-hydrogen) atoms. The third kappa shape index (κ3) is 6.15. The van der Waals surface area contributed by atoms with Crippen molar-refractivity contribution in [3.05, 3.63) is 255 Å². The molecule has 13 aromatic rings. The molecule has 0 nitrogen and oxygen atoms in total. The maximum atomic E-state index is 2.43. The standard InChI is InChI=1S/C66H42/c1-3-19-47(20-4-1)63-55-27-11-13-29-57(55)65(53-31-15-23-45-17-7-9-25-51(45)53)61-41-49(37-39-59(61)63)43-33-35-44(36-34-43)50-38-40-60-62(42-50)66(54-32-16-24-46-18-8-10-26-52(46)54)58-30-14-12-28-56(58)64(60)48-21-5-2-6-22-48/h1-42H. The third-order valence-electron chi connectivity index (χ3n) is 13.8. The van der Waals surface area contributed by atoms with Crippen molar-refractivity contribution in [3.63, 3.8) is 0 Å². The van der Waals surface area contributed by atoms with Gasteiger partial charge in [0.25, 0.3) is 0 Å². The van der Waals surface area contributed by atoms with Crippen molar-refractivity contribution in [2.75, 3.05) is 0 Å². The van der Waals surface area contributed by atoms with Crippen molar-refractivity contribution in [1.29, 1.82) is 0 Å². The van der Waals surface area contributed by atoms with Crippen molar-refractivity contribution in [2.45, 2.75) is 0 Å². The van der Waals surface area contributed by atoms with E-state index in [0.29, 0.717) is 0 Å². The Bertz CT molecular complexity index is 3740. The molecule has 0 heteroatoms. The molecule has 0 unspecified atom stereocenters. The highest BCUT2D eigenvalue weighted by Gasteiger charge is 2.21. The fourth-order valence-corrected chi connectivity index (χ4v) is 10.9. The summed E-state index contributed by atoms with van der Waals surface area (Å²) in [5.74, 6) is 0. The SMILES string of the molecule is c1ccc(-c2c3ccccc3c(-c3cccc4ccccc34)c3cc(-c4ccc(-c5ccc6c(-c7ccccc7)c7ccccc7c(-c7cccc8ccccc78)c6c5)cc4)ccc23)cc1. The second kappa shape index (κ2) is 15.6. The van der Waals surface area contributed by atoms with E-state index in [0.717, 1.165) is 0 Å². The minimum absolute atomic E-state index is 1.19. The van der Waals surface area contributed by atoms with Crippen molar-refractivity contribution in [2.24, 2.45) is 0 Å². The molecule has 0 heterocycles. The summed E-state index contributed by atoms with van der Waals surface area (Å²) in [5.41, 5.74) is 14.8. The summed E-state index contributed by atoms with van der Waals surface area (Å²) < 4.78 is 0. The molecule has 0 aromatic heterocycles. The van der Waals surface area contributed by atoms with Crippen LogP contribution in [0.2, 0.25) is 0 Å². The molecule has 0 saturated heterocycles. The van der Waals surface area contributed by atoms with Crippen molar-refractivity contribution >= 4 is 64.6 Å². The van der Waals surface area contributed by atoms with Crippen LogP contribution in [0.4, 0.5) is 0 Å². The van der Waals surface area contributed by atoms with E-state index in [1.807, 2.05) is 0 Å². The Hall–Kier alpha value is -8.58. The van der Waals surface area contributed by atoms with Crippen LogP contribution in [0.1, 0.15) is 0 Å². The lowest BCUT2D eigenvalue weighted by atomic mass is 9.83. The van der Waals surface area contributed by atoms with Crippen LogP contribution in [-0.4, -0.2) is 0 Å². The molecular weight excluding hydrogens is 793 g/mol.